The van der Waals surface area contributed by atoms with Crippen LogP contribution in [0, 0.1) is 12.7 Å². The second kappa shape index (κ2) is 6.65. The SMILES string of the molecule is Cc1cc(C(N)=NO)c(-c2ccc(F)cc2)c(-c2ccc(O)cc2)c1. The molecule has 0 aliphatic rings. The minimum absolute atomic E-state index is 0.0250. The molecular formula is C20H17FN2O2. The standard InChI is InChI=1S/C20H17FN2O2/c1-12-10-17(13-4-8-16(24)9-5-13)19(18(11-12)20(22)23-25)14-2-6-15(21)7-3-14/h2-11,24-25H,1H3,(H2,22,23). The number of phenols is 1. The monoisotopic (exact) mass is 336 g/mol. The highest BCUT2D eigenvalue weighted by Gasteiger charge is 2.16. The van der Waals surface area contributed by atoms with Gasteiger partial charge in [0.1, 0.15) is 11.6 Å². The number of aryl methyl sites for hydroxylation is 1. The van der Waals surface area contributed by atoms with Gasteiger partial charge in [0, 0.05) is 11.1 Å². The molecule has 3 aromatic carbocycles. The van der Waals surface area contributed by atoms with Crippen LogP contribution in [0.3, 0.4) is 0 Å². The maximum atomic E-state index is 13.3. The highest BCUT2D eigenvalue weighted by Crippen LogP contribution is 2.36. The van der Waals surface area contributed by atoms with Gasteiger partial charge in [0.2, 0.25) is 0 Å². The van der Waals surface area contributed by atoms with Crippen LogP contribution in [0.2, 0.25) is 0 Å². The average Bonchev–Trinajstić information content (AvgIpc) is 2.62. The number of benzene rings is 3. The van der Waals surface area contributed by atoms with Crippen molar-refractivity contribution in [2.24, 2.45) is 10.9 Å². The second-order valence-corrected chi connectivity index (χ2v) is 5.77. The largest absolute Gasteiger partial charge is 0.508 e. The lowest BCUT2D eigenvalue weighted by Crippen LogP contribution is -2.15. The number of hydrogen-bond donors (Lipinski definition) is 3. The maximum absolute atomic E-state index is 13.3. The molecule has 0 fully saturated rings. The van der Waals surface area contributed by atoms with E-state index in [1.165, 1.54) is 12.1 Å². The first kappa shape index (κ1) is 16.5. The Morgan fingerprint density at radius 1 is 0.960 bits per heavy atom. The van der Waals surface area contributed by atoms with Gasteiger partial charge in [-0.15, -0.1) is 0 Å². The lowest BCUT2D eigenvalue weighted by molar-refractivity contribution is 0.318. The molecule has 3 aromatic rings. The van der Waals surface area contributed by atoms with Crippen molar-refractivity contribution in [1.82, 2.24) is 0 Å². The predicted molar refractivity (Wildman–Crippen MR) is 96.2 cm³/mol. The molecule has 0 aliphatic carbocycles. The number of nitrogens with zero attached hydrogens (tertiary/aromatic N) is 1. The van der Waals surface area contributed by atoms with E-state index in [1.54, 1.807) is 36.4 Å². The van der Waals surface area contributed by atoms with Gasteiger partial charge < -0.3 is 16.0 Å². The molecular weight excluding hydrogens is 319 g/mol. The molecule has 4 N–H and O–H groups in total. The normalized spacial score (nSPS) is 11.5. The minimum Gasteiger partial charge on any atom is -0.508 e. The van der Waals surface area contributed by atoms with Gasteiger partial charge in [0.25, 0.3) is 0 Å². The first-order valence-electron chi connectivity index (χ1n) is 7.67. The Balaban J connectivity index is 2.35. The quantitative estimate of drug-likeness (QED) is 0.289. The van der Waals surface area contributed by atoms with E-state index in [4.69, 9.17) is 10.9 Å². The number of amidine groups is 1. The summed E-state index contributed by atoms with van der Waals surface area (Å²) in [6, 6.07) is 16.6. The van der Waals surface area contributed by atoms with Crippen LogP contribution in [-0.2, 0) is 0 Å². The molecule has 25 heavy (non-hydrogen) atoms. The zero-order valence-corrected chi connectivity index (χ0v) is 13.6. The van der Waals surface area contributed by atoms with Crippen LogP contribution < -0.4 is 5.73 Å². The molecule has 0 spiro atoms. The van der Waals surface area contributed by atoms with Crippen LogP contribution in [0.25, 0.3) is 22.3 Å². The summed E-state index contributed by atoms with van der Waals surface area (Å²) < 4.78 is 13.3. The molecule has 4 nitrogen and oxygen atoms in total. The first-order valence-corrected chi connectivity index (χ1v) is 7.67. The summed E-state index contributed by atoms with van der Waals surface area (Å²) in [5, 5.41) is 21.8. The fourth-order valence-electron chi connectivity index (χ4n) is 2.84. The summed E-state index contributed by atoms with van der Waals surface area (Å²) in [5.74, 6) is -0.202. The van der Waals surface area contributed by atoms with E-state index in [2.05, 4.69) is 5.16 Å². The number of phenolic OH excluding ortho intramolecular Hbond substituents is 1. The Hall–Kier alpha value is -3.34. The van der Waals surface area contributed by atoms with Crippen molar-refractivity contribution >= 4 is 5.84 Å². The highest BCUT2D eigenvalue weighted by molar-refractivity contribution is 6.06. The highest BCUT2D eigenvalue weighted by atomic mass is 19.1. The van der Waals surface area contributed by atoms with E-state index in [1.807, 2.05) is 19.1 Å². The van der Waals surface area contributed by atoms with Crippen molar-refractivity contribution in [3.05, 3.63) is 77.6 Å². The summed E-state index contributed by atoms with van der Waals surface area (Å²) in [6.45, 7) is 1.91. The Morgan fingerprint density at radius 2 is 1.56 bits per heavy atom. The van der Waals surface area contributed by atoms with E-state index in [-0.39, 0.29) is 17.4 Å². The summed E-state index contributed by atoms with van der Waals surface area (Å²) in [6.07, 6.45) is 0. The lowest BCUT2D eigenvalue weighted by Gasteiger charge is -2.16. The predicted octanol–water partition coefficient (Wildman–Crippen LogP) is 4.27. The molecule has 0 heterocycles. The van der Waals surface area contributed by atoms with E-state index in [0.717, 1.165) is 27.8 Å². The first-order chi connectivity index (χ1) is 12.0. The fourth-order valence-corrected chi connectivity index (χ4v) is 2.84. The maximum Gasteiger partial charge on any atom is 0.170 e. The van der Waals surface area contributed by atoms with Gasteiger partial charge in [-0.05, 0) is 59.5 Å². The van der Waals surface area contributed by atoms with Gasteiger partial charge in [0.05, 0.1) is 0 Å². The minimum atomic E-state index is -0.340. The number of nitrogens with two attached hydrogens (primary N) is 1. The smallest absolute Gasteiger partial charge is 0.170 e. The molecule has 0 unspecified atom stereocenters. The topological polar surface area (TPSA) is 78.8 Å². The lowest BCUT2D eigenvalue weighted by atomic mass is 9.88. The Kier molecular flexibility index (Phi) is 4.39. The number of aromatic hydroxyl groups is 1. The number of halogens is 1. The van der Waals surface area contributed by atoms with Crippen molar-refractivity contribution < 1.29 is 14.7 Å². The number of oxime groups is 1. The molecule has 0 saturated heterocycles. The van der Waals surface area contributed by atoms with Crippen LogP contribution in [0.1, 0.15) is 11.1 Å². The van der Waals surface area contributed by atoms with Gasteiger partial charge in [-0.2, -0.15) is 0 Å². The Bertz CT molecular complexity index is 933. The van der Waals surface area contributed by atoms with Crippen molar-refractivity contribution in [2.45, 2.75) is 6.92 Å². The molecule has 126 valence electrons. The van der Waals surface area contributed by atoms with Crippen molar-refractivity contribution in [3.8, 4) is 28.0 Å². The van der Waals surface area contributed by atoms with Crippen molar-refractivity contribution in [2.75, 3.05) is 0 Å². The van der Waals surface area contributed by atoms with Gasteiger partial charge in [-0.3, -0.25) is 0 Å². The number of rotatable bonds is 3. The molecule has 0 amide bonds. The molecule has 0 radical (unpaired) electrons. The molecule has 0 aliphatic heterocycles. The molecule has 0 bridgehead atoms. The van der Waals surface area contributed by atoms with E-state index in [9.17, 15) is 9.50 Å². The third-order valence-electron chi connectivity index (χ3n) is 3.98. The molecule has 0 atom stereocenters. The third kappa shape index (κ3) is 3.30. The Labute approximate surface area is 144 Å². The van der Waals surface area contributed by atoms with Crippen molar-refractivity contribution in [3.63, 3.8) is 0 Å². The number of hydrogen-bond acceptors (Lipinski definition) is 3. The van der Waals surface area contributed by atoms with Gasteiger partial charge in [0.15, 0.2) is 5.84 Å². The zero-order valence-electron chi connectivity index (χ0n) is 13.6. The van der Waals surface area contributed by atoms with E-state index < -0.39 is 0 Å². The van der Waals surface area contributed by atoms with E-state index in [0.29, 0.717) is 5.56 Å². The fraction of sp³-hybridized carbons (Fsp3) is 0.0500. The van der Waals surface area contributed by atoms with Crippen LogP contribution in [0.4, 0.5) is 4.39 Å². The molecule has 5 heteroatoms. The summed E-state index contributed by atoms with van der Waals surface area (Å²) >= 11 is 0. The van der Waals surface area contributed by atoms with Crippen LogP contribution in [-0.4, -0.2) is 16.1 Å². The van der Waals surface area contributed by atoms with E-state index >= 15 is 0 Å². The average molecular weight is 336 g/mol. The Morgan fingerprint density at radius 3 is 2.16 bits per heavy atom. The van der Waals surface area contributed by atoms with Gasteiger partial charge >= 0.3 is 0 Å². The van der Waals surface area contributed by atoms with Crippen LogP contribution >= 0.6 is 0 Å². The van der Waals surface area contributed by atoms with Gasteiger partial charge in [-0.1, -0.05) is 35.5 Å². The van der Waals surface area contributed by atoms with Crippen LogP contribution in [0.5, 0.6) is 5.75 Å². The summed E-state index contributed by atoms with van der Waals surface area (Å²) in [5.41, 5.74) is 10.5. The van der Waals surface area contributed by atoms with Crippen LogP contribution in [0.15, 0.2) is 65.8 Å². The third-order valence-corrected chi connectivity index (χ3v) is 3.98. The second-order valence-electron chi connectivity index (χ2n) is 5.77. The molecule has 0 saturated carbocycles. The molecule has 0 aromatic heterocycles. The summed E-state index contributed by atoms with van der Waals surface area (Å²) in [7, 11) is 0. The molecule has 3 rings (SSSR count). The zero-order chi connectivity index (χ0) is 18.0. The van der Waals surface area contributed by atoms with Gasteiger partial charge in [-0.25, -0.2) is 4.39 Å². The summed E-state index contributed by atoms with van der Waals surface area (Å²) in [4.78, 5) is 0. The van der Waals surface area contributed by atoms with Crippen molar-refractivity contribution in [1.29, 1.82) is 0 Å².